The fraction of sp³-hybridized carbons (Fsp3) is 0.933. The molecular weight excluding hydrogens is 212 g/mol. The third kappa shape index (κ3) is 1.18. The van der Waals surface area contributed by atoms with Crippen molar-refractivity contribution < 1.29 is 9.90 Å². The summed E-state index contributed by atoms with van der Waals surface area (Å²) < 4.78 is 0. The Morgan fingerprint density at radius 1 is 1.29 bits per heavy atom. The molecule has 4 saturated carbocycles. The van der Waals surface area contributed by atoms with Crippen molar-refractivity contribution >= 4 is 5.78 Å². The topological polar surface area (TPSA) is 37.3 Å². The Kier molecular flexibility index (Phi) is 2.16. The van der Waals surface area contributed by atoms with Crippen molar-refractivity contribution in [2.45, 2.75) is 53.1 Å². The summed E-state index contributed by atoms with van der Waals surface area (Å²) in [6, 6.07) is 0. The predicted molar refractivity (Wildman–Crippen MR) is 66.4 cm³/mol. The monoisotopic (exact) mass is 236 g/mol. The summed E-state index contributed by atoms with van der Waals surface area (Å²) in [5.74, 6) is 2.23. The lowest BCUT2D eigenvalue weighted by Gasteiger charge is -2.56. The second-order valence-corrected chi connectivity index (χ2v) is 7.51. The lowest BCUT2D eigenvalue weighted by molar-refractivity contribution is -0.159. The highest BCUT2D eigenvalue weighted by Crippen LogP contribution is 2.69. The van der Waals surface area contributed by atoms with Gasteiger partial charge in [-0.25, -0.2) is 0 Å². The van der Waals surface area contributed by atoms with E-state index in [1.807, 2.05) is 0 Å². The van der Waals surface area contributed by atoms with Gasteiger partial charge in [-0.3, -0.25) is 4.79 Å². The second kappa shape index (κ2) is 3.14. The number of carbonyl (C=O) groups excluding carboxylic acids is 1. The molecule has 4 fully saturated rings. The number of aliphatic hydroxyl groups excluding tert-OH is 1. The van der Waals surface area contributed by atoms with E-state index in [1.165, 1.54) is 0 Å². The number of fused-ring (bicyclic) bond motifs is 1. The van der Waals surface area contributed by atoms with E-state index in [9.17, 15) is 9.90 Å². The van der Waals surface area contributed by atoms with Gasteiger partial charge in [-0.05, 0) is 42.4 Å². The van der Waals surface area contributed by atoms with Gasteiger partial charge in [0.25, 0.3) is 0 Å². The van der Waals surface area contributed by atoms with E-state index in [0.717, 1.165) is 12.8 Å². The van der Waals surface area contributed by atoms with Crippen molar-refractivity contribution in [2.75, 3.05) is 0 Å². The van der Waals surface area contributed by atoms with Crippen LogP contribution in [0.25, 0.3) is 0 Å². The number of hydrogen-bond donors (Lipinski definition) is 1. The number of carbonyl (C=O) groups is 1. The predicted octanol–water partition coefficient (Wildman–Crippen LogP) is 2.64. The van der Waals surface area contributed by atoms with Gasteiger partial charge in [0.15, 0.2) is 0 Å². The van der Waals surface area contributed by atoms with Gasteiger partial charge in [0.1, 0.15) is 5.78 Å². The molecular formula is C15H24O2. The maximum absolute atomic E-state index is 12.7. The average Bonchev–Trinajstić information content (AvgIpc) is 2.40. The van der Waals surface area contributed by atoms with E-state index in [2.05, 4.69) is 27.7 Å². The van der Waals surface area contributed by atoms with Crippen LogP contribution in [0.15, 0.2) is 0 Å². The van der Waals surface area contributed by atoms with Gasteiger partial charge >= 0.3 is 0 Å². The second-order valence-electron chi connectivity index (χ2n) is 7.51. The standard InChI is InChI=1S/C15H24O2/c1-8(2)9-5-11-14(3)6-10(9)13(17)15(11,4)7-12(14)16/h8-12,16H,5-7H2,1-4H3/t9-,10?,11+,12-,14+,15+/m0/s1. The highest BCUT2D eigenvalue weighted by Gasteiger charge is 2.69. The first-order chi connectivity index (χ1) is 7.80. The van der Waals surface area contributed by atoms with E-state index in [1.54, 1.807) is 0 Å². The number of rotatable bonds is 1. The summed E-state index contributed by atoms with van der Waals surface area (Å²) in [6.45, 7) is 8.80. The molecule has 0 aromatic heterocycles. The summed E-state index contributed by atoms with van der Waals surface area (Å²) >= 11 is 0. The molecule has 1 unspecified atom stereocenters. The van der Waals surface area contributed by atoms with Crippen molar-refractivity contribution in [3.8, 4) is 0 Å². The number of ketones is 1. The fourth-order valence-corrected chi connectivity index (χ4v) is 5.33. The molecule has 0 aromatic rings. The number of Topliss-reactive ketones (excluding diaryl/α,β-unsaturated/α-hetero) is 1. The molecule has 2 nitrogen and oxygen atoms in total. The van der Waals surface area contributed by atoms with Gasteiger partial charge in [-0.15, -0.1) is 0 Å². The van der Waals surface area contributed by atoms with Crippen LogP contribution in [0.2, 0.25) is 0 Å². The Hall–Kier alpha value is -0.370. The molecule has 4 rings (SSSR count). The maximum atomic E-state index is 12.7. The van der Waals surface area contributed by atoms with Crippen LogP contribution in [0, 0.1) is 34.5 Å². The first kappa shape index (κ1) is 11.7. The molecule has 4 aliphatic rings. The Bertz CT molecular complexity index is 375. The first-order valence-electron chi connectivity index (χ1n) is 7.03. The van der Waals surface area contributed by atoms with Crippen LogP contribution >= 0.6 is 0 Å². The Labute approximate surface area is 104 Å². The van der Waals surface area contributed by atoms with Crippen LogP contribution in [-0.2, 0) is 4.79 Å². The minimum Gasteiger partial charge on any atom is -0.393 e. The van der Waals surface area contributed by atoms with Crippen LogP contribution in [0.4, 0.5) is 0 Å². The van der Waals surface area contributed by atoms with Crippen LogP contribution in [0.3, 0.4) is 0 Å². The zero-order valence-corrected chi connectivity index (χ0v) is 11.4. The van der Waals surface area contributed by atoms with E-state index >= 15 is 0 Å². The molecule has 0 spiro atoms. The molecule has 0 saturated heterocycles. The zero-order valence-electron chi connectivity index (χ0n) is 11.4. The zero-order chi connectivity index (χ0) is 12.6. The van der Waals surface area contributed by atoms with Gasteiger partial charge in [0, 0.05) is 11.3 Å². The smallest absolute Gasteiger partial charge is 0.142 e. The molecule has 0 heterocycles. The summed E-state index contributed by atoms with van der Waals surface area (Å²) in [4.78, 5) is 12.7. The highest BCUT2D eigenvalue weighted by molar-refractivity contribution is 5.90. The van der Waals surface area contributed by atoms with Crippen molar-refractivity contribution in [2.24, 2.45) is 34.5 Å². The molecule has 17 heavy (non-hydrogen) atoms. The summed E-state index contributed by atoms with van der Waals surface area (Å²) in [5, 5.41) is 10.3. The van der Waals surface area contributed by atoms with Crippen LogP contribution in [-0.4, -0.2) is 17.0 Å². The van der Waals surface area contributed by atoms with E-state index < -0.39 is 0 Å². The third-order valence-electron chi connectivity index (χ3n) is 6.38. The Balaban J connectivity index is 2.05. The maximum Gasteiger partial charge on any atom is 0.142 e. The van der Waals surface area contributed by atoms with E-state index in [4.69, 9.17) is 0 Å². The normalized spacial score (nSPS) is 56.9. The van der Waals surface area contributed by atoms with Gasteiger partial charge < -0.3 is 5.11 Å². The third-order valence-corrected chi connectivity index (χ3v) is 6.38. The molecule has 0 amide bonds. The molecule has 0 radical (unpaired) electrons. The minimum atomic E-state index is -0.264. The largest absolute Gasteiger partial charge is 0.393 e. The van der Waals surface area contributed by atoms with Gasteiger partial charge in [-0.2, -0.15) is 0 Å². The van der Waals surface area contributed by atoms with Crippen LogP contribution < -0.4 is 0 Å². The molecule has 0 aliphatic heterocycles. The van der Waals surface area contributed by atoms with Crippen molar-refractivity contribution in [1.82, 2.24) is 0 Å². The average molecular weight is 236 g/mol. The Morgan fingerprint density at radius 3 is 2.53 bits per heavy atom. The van der Waals surface area contributed by atoms with Gasteiger partial charge in [-0.1, -0.05) is 27.7 Å². The summed E-state index contributed by atoms with van der Waals surface area (Å²) in [5.41, 5.74) is -0.207. The van der Waals surface area contributed by atoms with Crippen molar-refractivity contribution in [1.29, 1.82) is 0 Å². The molecule has 6 atom stereocenters. The quantitative estimate of drug-likeness (QED) is 0.760. The van der Waals surface area contributed by atoms with Gasteiger partial charge in [0.2, 0.25) is 0 Å². The number of aliphatic hydroxyl groups is 1. The summed E-state index contributed by atoms with van der Waals surface area (Å²) in [7, 11) is 0. The van der Waals surface area contributed by atoms with Crippen molar-refractivity contribution in [3.63, 3.8) is 0 Å². The van der Waals surface area contributed by atoms with Crippen LogP contribution in [0.5, 0.6) is 0 Å². The van der Waals surface area contributed by atoms with Gasteiger partial charge in [0.05, 0.1) is 6.10 Å². The highest BCUT2D eigenvalue weighted by atomic mass is 16.3. The molecule has 4 bridgehead atoms. The lowest BCUT2D eigenvalue weighted by Crippen LogP contribution is -2.57. The fourth-order valence-electron chi connectivity index (χ4n) is 5.33. The SMILES string of the molecule is CC(C)[C@@H]1C[C@@H]2[C@@]3(C)CC1C(=O)[C@]2(C)C[C@@H]3O. The summed E-state index contributed by atoms with van der Waals surface area (Å²) in [6.07, 6.45) is 2.52. The van der Waals surface area contributed by atoms with E-state index in [-0.39, 0.29) is 22.9 Å². The van der Waals surface area contributed by atoms with Crippen LogP contribution in [0.1, 0.15) is 47.0 Å². The first-order valence-corrected chi connectivity index (χ1v) is 7.03. The number of hydrogen-bond acceptors (Lipinski definition) is 2. The molecule has 0 aromatic carbocycles. The minimum absolute atomic E-state index is 0.0126. The molecule has 4 aliphatic carbocycles. The lowest BCUT2D eigenvalue weighted by atomic mass is 9.47. The molecule has 96 valence electrons. The van der Waals surface area contributed by atoms with Crippen molar-refractivity contribution in [3.05, 3.63) is 0 Å². The molecule has 2 heteroatoms. The molecule has 1 N–H and O–H groups in total. The Morgan fingerprint density at radius 2 is 1.94 bits per heavy atom. The van der Waals surface area contributed by atoms with E-state index in [0.29, 0.717) is 30.0 Å².